The van der Waals surface area contributed by atoms with Gasteiger partial charge in [-0.2, -0.15) is 0 Å². The van der Waals surface area contributed by atoms with Gasteiger partial charge in [0.15, 0.2) is 0 Å². The van der Waals surface area contributed by atoms with Crippen molar-refractivity contribution in [1.29, 1.82) is 0 Å². The third-order valence-corrected chi connectivity index (χ3v) is 2.77. The van der Waals surface area contributed by atoms with Gasteiger partial charge < -0.3 is 9.88 Å². The molecule has 1 aromatic heterocycles. The van der Waals surface area contributed by atoms with Crippen molar-refractivity contribution in [1.82, 2.24) is 4.98 Å². The van der Waals surface area contributed by atoms with Gasteiger partial charge >= 0.3 is 0 Å². The van der Waals surface area contributed by atoms with Gasteiger partial charge in [-0.05, 0) is 6.07 Å². The Bertz CT molecular complexity index is 395. The van der Waals surface area contributed by atoms with Crippen molar-refractivity contribution in [3.05, 3.63) is 28.7 Å². The van der Waals surface area contributed by atoms with Crippen LogP contribution in [0.2, 0.25) is 0 Å². The normalized spacial score (nSPS) is 21.6. The largest absolute Gasteiger partial charge is 0.327 e. The van der Waals surface area contributed by atoms with E-state index in [1.54, 1.807) is 17.2 Å². The van der Waals surface area contributed by atoms with Gasteiger partial charge in [-0.15, -0.1) is 0 Å². The molecule has 1 atom stereocenters. The van der Waals surface area contributed by atoms with E-state index in [1.807, 2.05) is 0 Å². The molecular formula is C9H9BrN2O2. The Morgan fingerprint density at radius 1 is 1.43 bits per heavy atom. The summed E-state index contributed by atoms with van der Waals surface area (Å²) in [6, 6.07) is 3.08. The number of aromatic nitrogens is 1. The maximum Gasteiger partial charge on any atom is 0.248 e. The van der Waals surface area contributed by atoms with Gasteiger partial charge in [0.25, 0.3) is 0 Å². The van der Waals surface area contributed by atoms with Crippen molar-refractivity contribution in [2.75, 3.05) is 11.4 Å². The van der Waals surface area contributed by atoms with Gasteiger partial charge in [0.1, 0.15) is 0 Å². The zero-order valence-electron chi connectivity index (χ0n) is 7.37. The van der Waals surface area contributed by atoms with Crippen LogP contribution in [-0.2, 0) is 4.79 Å². The van der Waals surface area contributed by atoms with E-state index >= 15 is 0 Å². The topological polar surface area (TPSA) is 53.2 Å². The van der Waals surface area contributed by atoms with Crippen LogP contribution in [0.4, 0.5) is 5.69 Å². The molecule has 5 heteroatoms. The average Bonchev–Trinajstić information content (AvgIpc) is 2.47. The van der Waals surface area contributed by atoms with Crippen molar-refractivity contribution in [2.24, 2.45) is 0 Å². The Hall–Kier alpha value is -1.10. The lowest BCUT2D eigenvalue weighted by Crippen LogP contribution is -2.25. The fraction of sp³-hybridized carbons (Fsp3) is 0.333. The third kappa shape index (κ3) is 1.72. The van der Waals surface area contributed by atoms with Crippen molar-refractivity contribution < 1.29 is 4.79 Å². The summed E-state index contributed by atoms with van der Waals surface area (Å²) in [5, 5.41) is 0. The monoisotopic (exact) mass is 256 g/mol. The lowest BCUT2D eigenvalue weighted by molar-refractivity contribution is -0.117. The molecule has 74 valence electrons. The molecule has 1 aliphatic rings. The van der Waals surface area contributed by atoms with Gasteiger partial charge in [-0.3, -0.25) is 9.59 Å². The highest BCUT2D eigenvalue weighted by atomic mass is 79.9. The Kier molecular flexibility index (Phi) is 2.41. The van der Waals surface area contributed by atoms with E-state index in [1.165, 1.54) is 6.07 Å². The molecule has 14 heavy (non-hydrogen) atoms. The number of nitrogens with zero attached hydrogens (tertiary/aromatic N) is 1. The first kappa shape index (κ1) is 9.45. The summed E-state index contributed by atoms with van der Waals surface area (Å²) >= 11 is 3.40. The Morgan fingerprint density at radius 2 is 2.21 bits per heavy atom. The number of carbonyl (C=O) groups is 1. The number of anilines is 1. The number of halogens is 1. The van der Waals surface area contributed by atoms with E-state index in [4.69, 9.17) is 0 Å². The highest BCUT2D eigenvalue weighted by Gasteiger charge is 2.28. The summed E-state index contributed by atoms with van der Waals surface area (Å²) in [7, 11) is 0. The number of alkyl halides is 1. The quantitative estimate of drug-likeness (QED) is 0.759. The van der Waals surface area contributed by atoms with Crippen molar-refractivity contribution in [3.63, 3.8) is 0 Å². The Labute approximate surface area is 89.1 Å². The van der Waals surface area contributed by atoms with Crippen LogP contribution in [0.3, 0.4) is 0 Å². The molecule has 4 nitrogen and oxygen atoms in total. The number of aromatic amines is 1. The number of rotatable bonds is 1. The fourth-order valence-corrected chi connectivity index (χ4v) is 2.05. The number of nitrogens with one attached hydrogen (secondary N) is 1. The molecule has 2 rings (SSSR count). The van der Waals surface area contributed by atoms with E-state index in [2.05, 4.69) is 20.9 Å². The number of pyridine rings is 1. The van der Waals surface area contributed by atoms with E-state index in [0.29, 0.717) is 13.0 Å². The molecular weight excluding hydrogens is 248 g/mol. The predicted octanol–water partition coefficient (Wildman–Crippen LogP) is 0.875. The smallest absolute Gasteiger partial charge is 0.248 e. The van der Waals surface area contributed by atoms with Gasteiger partial charge in [0.05, 0.1) is 5.69 Å². The van der Waals surface area contributed by atoms with Crippen LogP contribution < -0.4 is 10.5 Å². The summed E-state index contributed by atoms with van der Waals surface area (Å²) in [6.07, 6.45) is 2.07. The van der Waals surface area contributed by atoms with E-state index in [9.17, 15) is 9.59 Å². The van der Waals surface area contributed by atoms with Gasteiger partial charge in [-0.1, -0.05) is 15.9 Å². The van der Waals surface area contributed by atoms with E-state index in [-0.39, 0.29) is 16.3 Å². The van der Waals surface area contributed by atoms with Gasteiger partial charge in [0.2, 0.25) is 11.5 Å². The van der Waals surface area contributed by atoms with Gasteiger partial charge in [-0.25, -0.2) is 0 Å². The second kappa shape index (κ2) is 3.57. The summed E-state index contributed by atoms with van der Waals surface area (Å²) < 4.78 is 0. The Morgan fingerprint density at radius 3 is 2.71 bits per heavy atom. The van der Waals surface area contributed by atoms with Crippen molar-refractivity contribution in [3.8, 4) is 0 Å². The number of hydrogen-bond donors (Lipinski definition) is 1. The predicted molar refractivity (Wildman–Crippen MR) is 56.7 cm³/mol. The molecule has 0 spiro atoms. The maximum absolute atomic E-state index is 11.5. The molecule has 0 radical (unpaired) electrons. The molecule has 0 saturated carbocycles. The lowest BCUT2D eigenvalue weighted by Gasteiger charge is -2.14. The van der Waals surface area contributed by atoms with Crippen LogP contribution in [0.1, 0.15) is 6.42 Å². The van der Waals surface area contributed by atoms with Crippen molar-refractivity contribution >= 4 is 27.5 Å². The van der Waals surface area contributed by atoms with E-state index in [0.717, 1.165) is 5.69 Å². The SMILES string of the molecule is O=C1CC(Br)CN1c1ccc(=O)[nH]c1. The molecule has 1 aromatic rings. The molecule has 1 amide bonds. The zero-order chi connectivity index (χ0) is 10.1. The van der Waals surface area contributed by atoms with Crippen LogP contribution in [0, 0.1) is 0 Å². The molecule has 2 heterocycles. The molecule has 0 aromatic carbocycles. The second-order valence-corrected chi connectivity index (χ2v) is 4.51. The first-order valence-electron chi connectivity index (χ1n) is 4.30. The molecule has 1 fully saturated rings. The summed E-state index contributed by atoms with van der Waals surface area (Å²) in [5.74, 6) is 0.0823. The fourth-order valence-electron chi connectivity index (χ4n) is 1.48. The Balaban J connectivity index is 2.27. The highest BCUT2D eigenvalue weighted by molar-refractivity contribution is 9.09. The van der Waals surface area contributed by atoms with Crippen LogP contribution in [0.15, 0.2) is 23.1 Å². The average molecular weight is 257 g/mol. The maximum atomic E-state index is 11.5. The molecule has 1 N–H and O–H groups in total. The molecule has 0 bridgehead atoms. The summed E-state index contributed by atoms with van der Waals surface area (Å²) in [4.78, 5) is 26.7. The van der Waals surface area contributed by atoms with Crippen LogP contribution in [0.5, 0.6) is 0 Å². The highest BCUT2D eigenvalue weighted by Crippen LogP contribution is 2.23. The number of hydrogen-bond acceptors (Lipinski definition) is 2. The van der Waals surface area contributed by atoms with E-state index < -0.39 is 0 Å². The van der Waals surface area contributed by atoms with Crippen LogP contribution in [-0.4, -0.2) is 22.3 Å². The zero-order valence-corrected chi connectivity index (χ0v) is 8.95. The van der Waals surface area contributed by atoms with Crippen LogP contribution >= 0.6 is 15.9 Å². The number of H-pyrrole nitrogens is 1. The lowest BCUT2D eigenvalue weighted by atomic mass is 10.4. The summed E-state index contributed by atoms with van der Waals surface area (Å²) in [5.41, 5.74) is 0.590. The first-order valence-corrected chi connectivity index (χ1v) is 5.21. The molecule has 1 aliphatic heterocycles. The molecule has 0 aliphatic carbocycles. The minimum atomic E-state index is -0.157. The minimum Gasteiger partial charge on any atom is -0.327 e. The molecule has 1 unspecified atom stereocenters. The third-order valence-electron chi connectivity index (χ3n) is 2.16. The first-order chi connectivity index (χ1) is 6.66. The molecule has 1 saturated heterocycles. The minimum absolute atomic E-state index is 0.0823. The van der Waals surface area contributed by atoms with Gasteiger partial charge in [0, 0.05) is 30.1 Å². The second-order valence-electron chi connectivity index (χ2n) is 3.22. The number of amides is 1. The number of carbonyl (C=O) groups excluding carboxylic acids is 1. The van der Waals surface area contributed by atoms with Crippen LogP contribution in [0.25, 0.3) is 0 Å². The standard InChI is InChI=1S/C9H9BrN2O2/c10-6-3-9(14)12(5-6)7-1-2-8(13)11-4-7/h1-2,4,6H,3,5H2,(H,11,13). The summed E-state index contributed by atoms with van der Waals surface area (Å²) in [6.45, 7) is 0.658. The van der Waals surface area contributed by atoms with Crippen molar-refractivity contribution in [2.45, 2.75) is 11.2 Å².